The Morgan fingerprint density at radius 2 is 1.87 bits per heavy atom. The van der Waals surface area contributed by atoms with Gasteiger partial charge in [-0.25, -0.2) is 0 Å². The molecule has 0 aliphatic rings. The quantitative estimate of drug-likeness (QED) is 0.749. The summed E-state index contributed by atoms with van der Waals surface area (Å²) in [5.41, 5.74) is 1.88. The van der Waals surface area contributed by atoms with Gasteiger partial charge in [0, 0.05) is 11.8 Å². The Kier molecular flexibility index (Phi) is 3.97. The number of ether oxygens (including phenoxy) is 2. The first-order valence-electron chi connectivity index (χ1n) is 4.63. The van der Waals surface area contributed by atoms with Crippen LogP contribution >= 0.6 is 0 Å². The van der Waals surface area contributed by atoms with E-state index in [2.05, 4.69) is 5.32 Å². The summed E-state index contributed by atoms with van der Waals surface area (Å²) in [6, 6.07) is 3.68. The standard InChI is InChI=1S/C11H15NO3/c1-8-6-10(14-2)11(15-3)7-9(8)12-4-5-13/h5-7,12H,4H2,1-3H3. The van der Waals surface area contributed by atoms with Crippen molar-refractivity contribution in [3.63, 3.8) is 0 Å². The molecule has 0 aliphatic heterocycles. The summed E-state index contributed by atoms with van der Waals surface area (Å²) in [6.45, 7) is 2.23. The number of methoxy groups -OCH3 is 2. The first kappa shape index (κ1) is 11.4. The maximum atomic E-state index is 10.2. The van der Waals surface area contributed by atoms with Gasteiger partial charge >= 0.3 is 0 Å². The van der Waals surface area contributed by atoms with E-state index in [1.54, 1.807) is 14.2 Å². The van der Waals surface area contributed by atoms with Crippen molar-refractivity contribution in [1.29, 1.82) is 0 Å². The number of hydrogen-bond acceptors (Lipinski definition) is 4. The Labute approximate surface area is 89.2 Å². The molecule has 0 fully saturated rings. The topological polar surface area (TPSA) is 47.6 Å². The van der Waals surface area contributed by atoms with E-state index in [9.17, 15) is 4.79 Å². The smallest absolute Gasteiger partial charge is 0.162 e. The fourth-order valence-electron chi connectivity index (χ4n) is 1.32. The van der Waals surface area contributed by atoms with Crippen LogP contribution in [0.15, 0.2) is 12.1 Å². The second-order valence-electron chi connectivity index (χ2n) is 3.07. The van der Waals surface area contributed by atoms with Crippen molar-refractivity contribution in [2.45, 2.75) is 6.92 Å². The lowest BCUT2D eigenvalue weighted by Gasteiger charge is -2.12. The van der Waals surface area contributed by atoms with E-state index in [1.165, 1.54) is 0 Å². The lowest BCUT2D eigenvalue weighted by Crippen LogP contribution is -2.04. The minimum absolute atomic E-state index is 0.288. The Bertz CT molecular complexity index is 350. The Morgan fingerprint density at radius 1 is 1.27 bits per heavy atom. The third-order valence-corrected chi connectivity index (χ3v) is 2.11. The number of anilines is 1. The summed E-state index contributed by atoms with van der Waals surface area (Å²) in [7, 11) is 3.17. The fraction of sp³-hybridized carbons (Fsp3) is 0.364. The van der Waals surface area contributed by atoms with Crippen molar-refractivity contribution >= 4 is 12.0 Å². The van der Waals surface area contributed by atoms with E-state index >= 15 is 0 Å². The molecule has 0 spiro atoms. The molecule has 1 rings (SSSR count). The van der Waals surface area contributed by atoms with Crippen molar-refractivity contribution in [2.24, 2.45) is 0 Å². The van der Waals surface area contributed by atoms with Gasteiger partial charge in [-0.05, 0) is 18.6 Å². The lowest BCUT2D eigenvalue weighted by molar-refractivity contribution is -0.106. The zero-order chi connectivity index (χ0) is 11.3. The zero-order valence-electron chi connectivity index (χ0n) is 9.16. The Hall–Kier alpha value is -1.71. The molecule has 0 radical (unpaired) electrons. The molecule has 1 aromatic carbocycles. The number of aldehydes is 1. The molecule has 4 heteroatoms. The number of carbonyl (C=O) groups excluding carboxylic acids is 1. The molecule has 0 amide bonds. The molecular weight excluding hydrogens is 194 g/mol. The SMILES string of the molecule is COc1cc(C)c(NCC=O)cc1OC. The average Bonchev–Trinajstić information content (AvgIpc) is 2.27. The number of rotatable bonds is 5. The van der Waals surface area contributed by atoms with Crippen LogP contribution in [0.2, 0.25) is 0 Å². The van der Waals surface area contributed by atoms with Gasteiger partial charge in [-0.2, -0.15) is 0 Å². The first-order valence-corrected chi connectivity index (χ1v) is 4.63. The molecule has 0 saturated carbocycles. The highest BCUT2D eigenvalue weighted by Gasteiger charge is 2.07. The number of hydrogen-bond donors (Lipinski definition) is 1. The molecular formula is C11H15NO3. The third-order valence-electron chi connectivity index (χ3n) is 2.11. The van der Waals surface area contributed by atoms with Crippen molar-refractivity contribution in [3.8, 4) is 11.5 Å². The van der Waals surface area contributed by atoms with Crippen LogP contribution in [0.5, 0.6) is 11.5 Å². The van der Waals surface area contributed by atoms with Gasteiger partial charge in [-0.15, -0.1) is 0 Å². The second kappa shape index (κ2) is 5.24. The second-order valence-corrected chi connectivity index (χ2v) is 3.07. The van der Waals surface area contributed by atoms with Crippen molar-refractivity contribution in [1.82, 2.24) is 0 Å². The molecule has 82 valence electrons. The molecule has 4 nitrogen and oxygen atoms in total. The van der Waals surface area contributed by atoms with Gasteiger partial charge in [0.1, 0.15) is 6.29 Å². The van der Waals surface area contributed by atoms with Gasteiger partial charge < -0.3 is 19.6 Å². The maximum Gasteiger partial charge on any atom is 0.162 e. The van der Waals surface area contributed by atoms with Gasteiger partial charge in [0.2, 0.25) is 0 Å². The zero-order valence-corrected chi connectivity index (χ0v) is 9.16. The number of benzene rings is 1. The molecule has 1 N–H and O–H groups in total. The van der Waals surface area contributed by atoms with Crippen LogP contribution in [-0.2, 0) is 4.79 Å². The minimum Gasteiger partial charge on any atom is -0.493 e. The number of carbonyl (C=O) groups is 1. The Balaban J connectivity index is 3.02. The van der Waals surface area contributed by atoms with E-state index in [0.717, 1.165) is 17.5 Å². The fourth-order valence-corrected chi connectivity index (χ4v) is 1.32. The largest absolute Gasteiger partial charge is 0.493 e. The van der Waals surface area contributed by atoms with E-state index in [0.29, 0.717) is 11.5 Å². The summed E-state index contributed by atoms with van der Waals surface area (Å²) < 4.78 is 10.3. The summed E-state index contributed by atoms with van der Waals surface area (Å²) in [5.74, 6) is 1.34. The van der Waals surface area contributed by atoms with Gasteiger partial charge in [0.15, 0.2) is 11.5 Å². The van der Waals surface area contributed by atoms with Crippen molar-refractivity contribution in [2.75, 3.05) is 26.1 Å². The highest BCUT2D eigenvalue weighted by molar-refractivity contribution is 5.65. The maximum absolute atomic E-state index is 10.2. The van der Waals surface area contributed by atoms with Crippen LogP contribution in [0.1, 0.15) is 5.56 Å². The van der Waals surface area contributed by atoms with Crippen LogP contribution in [0, 0.1) is 6.92 Å². The molecule has 0 aromatic heterocycles. The lowest BCUT2D eigenvalue weighted by atomic mass is 10.1. The third kappa shape index (κ3) is 2.62. The van der Waals surface area contributed by atoms with Crippen LogP contribution in [0.3, 0.4) is 0 Å². The molecule has 0 atom stereocenters. The van der Waals surface area contributed by atoms with E-state index < -0.39 is 0 Å². The molecule has 0 heterocycles. The molecule has 15 heavy (non-hydrogen) atoms. The number of nitrogens with one attached hydrogen (secondary N) is 1. The first-order chi connectivity index (χ1) is 7.22. The van der Waals surface area contributed by atoms with Gasteiger partial charge in [0.25, 0.3) is 0 Å². The molecule has 0 unspecified atom stereocenters. The Morgan fingerprint density at radius 3 is 2.40 bits per heavy atom. The molecule has 0 bridgehead atoms. The molecule has 0 aliphatic carbocycles. The van der Waals surface area contributed by atoms with E-state index in [-0.39, 0.29) is 6.54 Å². The van der Waals surface area contributed by atoms with Crippen molar-refractivity contribution in [3.05, 3.63) is 17.7 Å². The molecule has 1 aromatic rings. The summed E-state index contributed by atoms with van der Waals surface area (Å²) in [6.07, 6.45) is 0.816. The predicted molar refractivity (Wildman–Crippen MR) is 58.8 cm³/mol. The summed E-state index contributed by atoms with van der Waals surface area (Å²) >= 11 is 0. The number of aryl methyl sites for hydroxylation is 1. The highest BCUT2D eigenvalue weighted by atomic mass is 16.5. The summed E-state index contributed by atoms with van der Waals surface area (Å²) in [4.78, 5) is 10.2. The average molecular weight is 209 g/mol. The summed E-state index contributed by atoms with van der Waals surface area (Å²) in [5, 5.41) is 2.99. The van der Waals surface area contributed by atoms with Crippen LogP contribution in [0.25, 0.3) is 0 Å². The highest BCUT2D eigenvalue weighted by Crippen LogP contribution is 2.32. The monoisotopic (exact) mass is 209 g/mol. The van der Waals surface area contributed by atoms with Gasteiger partial charge in [0.05, 0.1) is 20.8 Å². The van der Waals surface area contributed by atoms with Gasteiger partial charge in [-0.3, -0.25) is 0 Å². The van der Waals surface area contributed by atoms with E-state index in [4.69, 9.17) is 9.47 Å². The predicted octanol–water partition coefficient (Wildman–Crippen LogP) is 1.62. The minimum atomic E-state index is 0.288. The van der Waals surface area contributed by atoms with Crippen LogP contribution in [0.4, 0.5) is 5.69 Å². The normalized spacial score (nSPS) is 9.53. The van der Waals surface area contributed by atoms with E-state index in [1.807, 2.05) is 19.1 Å². The van der Waals surface area contributed by atoms with Crippen molar-refractivity contribution < 1.29 is 14.3 Å². The van der Waals surface area contributed by atoms with Gasteiger partial charge in [-0.1, -0.05) is 0 Å². The van der Waals surface area contributed by atoms with Crippen LogP contribution in [-0.4, -0.2) is 27.1 Å². The molecule has 0 saturated heterocycles. The van der Waals surface area contributed by atoms with Crippen LogP contribution < -0.4 is 14.8 Å².